The van der Waals surface area contributed by atoms with Gasteiger partial charge in [0, 0.05) is 19.8 Å². The first-order valence-electron chi connectivity index (χ1n) is 11.0. The summed E-state index contributed by atoms with van der Waals surface area (Å²) in [6.45, 7) is 0.649. The van der Waals surface area contributed by atoms with E-state index < -0.39 is 11.3 Å². The standard InChI is InChI=1S/C26H21N5O3/c1-30-25(33)22(32)20(24-29-23-19(34-24)12-7-14-27-23)28-26(30)31-15-13-16-8-5-6-11-18(16)21(31)17-9-3-2-4-10-17/h2-12,14,21,32H,13,15H2,1H3. The minimum absolute atomic E-state index is 0.00164. The van der Waals surface area contributed by atoms with Gasteiger partial charge in [-0.05, 0) is 35.2 Å². The fourth-order valence-electron chi connectivity index (χ4n) is 4.63. The van der Waals surface area contributed by atoms with Gasteiger partial charge in [0.1, 0.15) is 0 Å². The number of pyridine rings is 1. The predicted molar refractivity (Wildman–Crippen MR) is 128 cm³/mol. The summed E-state index contributed by atoms with van der Waals surface area (Å²) in [5, 5.41) is 10.7. The highest BCUT2D eigenvalue weighted by atomic mass is 16.4. The summed E-state index contributed by atoms with van der Waals surface area (Å²) in [5.41, 5.74) is 3.79. The zero-order valence-corrected chi connectivity index (χ0v) is 18.4. The lowest BCUT2D eigenvalue weighted by atomic mass is 9.88. The molecule has 0 aliphatic carbocycles. The molecule has 6 rings (SSSR count). The van der Waals surface area contributed by atoms with Gasteiger partial charge in [0.05, 0.1) is 6.04 Å². The zero-order valence-electron chi connectivity index (χ0n) is 18.4. The van der Waals surface area contributed by atoms with Gasteiger partial charge < -0.3 is 14.4 Å². The molecule has 168 valence electrons. The topological polar surface area (TPSA) is 97.3 Å². The highest BCUT2D eigenvalue weighted by Crippen LogP contribution is 2.38. The average molecular weight is 451 g/mol. The molecule has 0 saturated carbocycles. The van der Waals surface area contributed by atoms with Gasteiger partial charge in [0.25, 0.3) is 11.4 Å². The first kappa shape index (κ1) is 20.2. The Morgan fingerprint density at radius 2 is 1.79 bits per heavy atom. The first-order chi connectivity index (χ1) is 16.6. The van der Waals surface area contributed by atoms with Crippen LogP contribution < -0.4 is 10.5 Å². The number of anilines is 1. The Balaban J connectivity index is 1.55. The molecule has 0 amide bonds. The highest BCUT2D eigenvalue weighted by molar-refractivity contribution is 5.72. The van der Waals surface area contributed by atoms with Crippen LogP contribution in [0.1, 0.15) is 22.7 Å². The number of fused-ring (bicyclic) bond motifs is 2. The zero-order chi connectivity index (χ0) is 23.2. The van der Waals surface area contributed by atoms with Gasteiger partial charge in [-0.2, -0.15) is 4.98 Å². The third kappa shape index (κ3) is 3.14. The summed E-state index contributed by atoms with van der Waals surface area (Å²) in [6.07, 6.45) is 2.41. The smallest absolute Gasteiger partial charge is 0.297 e. The van der Waals surface area contributed by atoms with Crippen molar-refractivity contribution >= 4 is 17.2 Å². The van der Waals surface area contributed by atoms with Crippen LogP contribution in [0.4, 0.5) is 5.95 Å². The molecule has 0 bridgehead atoms. The summed E-state index contributed by atoms with van der Waals surface area (Å²) in [6, 6.07) is 21.8. The van der Waals surface area contributed by atoms with E-state index in [1.165, 1.54) is 10.1 Å². The van der Waals surface area contributed by atoms with Gasteiger partial charge in [0.2, 0.25) is 11.7 Å². The van der Waals surface area contributed by atoms with Crippen LogP contribution in [0.25, 0.3) is 22.8 Å². The van der Waals surface area contributed by atoms with Gasteiger partial charge in [-0.1, -0.05) is 54.6 Å². The predicted octanol–water partition coefficient (Wildman–Crippen LogP) is 3.84. The molecule has 5 aromatic rings. The molecule has 0 radical (unpaired) electrons. The monoisotopic (exact) mass is 451 g/mol. The maximum atomic E-state index is 13.1. The summed E-state index contributed by atoms with van der Waals surface area (Å²) in [7, 11) is 1.62. The van der Waals surface area contributed by atoms with Gasteiger partial charge in [0.15, 0.2) is 16.9 Å². The van der Waals surface area contributed by atoms with E-state index in [0.29, 0.717) is 23.7 Å². The molecule has 1 aliphatic heterocycles. The number of oxazole rings is 1. The molecule has 34 heavy (non-hydrogen) atoms. The van der Waals surface area contributed by atoms with E-state index in [4.69, 9.17) is 9.40 Å². The minimum Gasteiger partial charge on any atom is -0.501 e. The van der Waals surface area contributed by atoms with Crippen molar-refractivity contribution in [2.75, 3.05) is 11.4 Å². The van der Waals surface area contributed by atoms with Crippen LogP contribution in [-0.2, 0) is 13.5 Å². The third-order valence-corrected chi connectivity index (χ3v) is 6.27. The van der Waals surface area contributed by atoms with Crippen LogP contribution >= 0.6 is 0 Å². The maximum absolute atomic E-state index is 13.1. The van der Waals surface area contributed by atoms with Crippen LogP contribution in [0.3, 0.4) is 0 Å². The Morgan fingerprint density at radius 1 is 1.00 bits per heavy atom. The summed E-state index contributed by atoms with van der Waals surface area (Å²) >= 11 is 0. The molecule has 1 unspecified atom stereocenters. The van der Waals surface area contributed by atoms with E-state index >= 15 is 0 Å². The van der Waals surface area contributed by atoms with E-state index in [-0.39, 0.29) is 17.6 Å². The molecule has 2 aromatic carbocycles. The van der Waals surface area contributed by atoms with Crippen LogP contribution in [0.15, 0.2) is 82.1 Å². The highest BCUT2D eigenvalue weighted by Gasteiger charge is 2.32. The Bertz CT molecular complexity index is 1540. The molecule has 4 heterocycles. The second-order valence-corrected chi connectivity index (χ2v) is 8.27. The fourth-order valence-corrected chi connectivity index (χ4v) is 4.63. The van der Waals surface area contributed by atoms with Crippen molar-refractivity contribution in [3.63, 3.8) is 0 Å². The quantitative estimate of drug-likeness (QED) is 0.445. The van der Waals surface area contributed by atoms with Gasteiger partial charge in [-0.15, -0.1) is 0 Å². The summed E-state index contributed by atoms with van der Waals surface area (Å²) in [5.74, 6) is -0.0262. The van der Waals surface area contributed by atoms with Crippen molar-refractivity contribution in [1.82, 2.24) is 19.5 Å². The number of aromatic nitrogens is 4. The number of aromatic hydroxyl groups is 1. The molecule has 0 saturated heterocycles. The maximum Gasteiger partial charge on any atom is 0.297 e. The molecule has 3 aromatic heterocycles. The molecule has 1 atom stereocenters. The summed E-state index contributed by atoms with van der Waals surface area (Å²) < 4.78 is 7.16. The first-order valence-corrected chi connectivity index (χ1v) is 11.0. The van der Waals surface area contributed by atoms with Crippen molar-refractivity contribution in [3.05, 3.63) is 100.0 Å². The number of nitrogens with zero attached hydrogens (tertiary/aromatic N) is 5. The van der Waals surface area contributed by atoms with Crippen molar-refractivity contribution in [1.29, 1.82) is 0 Å². The van der Waals surface area contributed by atoms with E-state index in [2.05, 4.69) is 39.1 Å². The number of hydrogen-bond acceptors (Lipinski definition) is 7. The van der Waals surface area contributed by atoms with Gasteiger partial charge in [-0.25, -0.2) is 9.97 Å². The van der Waals surface area contributed by atoms with E-state index in [0.717, 1.165) is 17.5 Å². The number of rotatable bonds is 3. The molecule has 1 N–H and O–H groups in total. The Hall–Kier alpha value is -4.46. The van der Waals surface area contributed by atoms with Crippen molar-refractivity contribution in [2.24, 2.45) is 7.05 Å². The Morgan fingerprint density at radius 3 is 2.62 bits per heavy atom. The van der Waals surface area contributed by atoms with E-state index in [1.807, 2.05) is 30.3 Å². The van der Waals surface area contributed by atoms with Crippen molar-refractivity contribution < 1.29 is 9.52 Å². The minimum atomic E-state index is -0.569. The van der Waals surface area contributed by atoms with Gasteiger partial charge in [-0.3, -0.25) is 9.36 Å². The van der Waals surface area contributed by atoms with Crippen molar-refractivity contribution in [2.45, 2.75) is 12.5 Å². The second-order valence-electron chi connectivity index (χ2n) is 8.27. The number of hydrogen-bond donors (Lipinski definition) is 1. The van der Waals surface area contributed by atoms with Crippen LogP contribution in [0.2, 0.25) is 0 Å². The molecule has 8 nitrogen and oxygen atoms in total. The second kappa shape index (κ2) is 7.84. The van der Waals surface area contributed by atoms with Gasteiger partial charge >= 0.3 is 0 Å². The molecular weight excluding hydrogens is 430 g/mol. The molecule has 0 fully saturated rings. The van der Waals surface area contributed by atoms with Crippen LogP contribution in [-0.4, -0.2) is 31.2 Å². The van der Waals surface area contributed by atoms with Crippen molar-refractivity contribution in [3.8, 4) is 17.3 Å². The third-order valence-electron chi connectivity index (χ3n) is 6.27. The van der Waals surface area contributed by atoms with E-state index in [9.17, 15) is 9.90 Å². The fraction of sp³-hybridized carbons (Fsp3) is 0.154. The Labute approximate surface area is 194 Å². The van der Waals surface area contributed by atoms with Crippen LogP contribution in [0, 0.1) is 0 Å². The molecule has 8 heteroatoms. The Kier molecular flexibility index (Phi) is 4.65. The average Bonchev–Trinajstić information content (AvgIpc) is 3.31. The SMILES string of the molecule is Cn1c(N2CCc3ccccc3C2c2ccccc2)nc(-c2nc3ncccc3o2)c(O)c1=O. The lowest BCUT2D eigenvalue weighted by molar-refractivity contribution is 0.454. The van der Waals surface area contributed by atoms with Crippen LogP contribution in [0.5, 0.6) is 5.75 Å². The normalized spacial score (nSPS) is 15.4. The lowest BCUT2D eigenvalue weighted by Gasteiger charge is -2.39. The lowest BCUT2D eigenvalue weighted by Crippen LogP contribution is -2.40. The molecular formula is C26H21N5O3. The largest absolute Gasteiger partial charge is 0.501 e. The number of benzene rings is 2. The molecule has 0 spiro atoms. The molecule has 1 aliphatic rings. The summed E-state index contributed by atoms with van der Waals surface area (Å²) in [4.78, 5) is 28.4. The van der Waals surface area contributed by atoms with E-state index in [1.54, 1.807) is 25.4 Å².